The van der Waals surface area contributed by atoms with Crippen molar-refractivity contribution in [1.29, 1.82) is 0 Å². The summed E-state index contributed by atoms with van der Waals surface area (Å²) in [6.07, 6.45) is 2.74. The number of likely N-dealkylation sites (tertiary alicyclic amines) is 1. The molecule has 32 heavy (non-hydrogen) atoms. The topological polar surface area (TPSA) is 90.9 Å². The van der Waals surface area contributed by atoms with Crippen molar-refractivity contribution in [2.75, 3.05) is 25.0 Å². The summed E-state index contributed by atoms with van der Waals surface area (Å²) in [4.78, 5) is 27.0. The Kier molecular flexibility index (Phi) is 6.90. The van der Waals surface area contributed by atoms with Crippen LogP contribution in [0.25, 0.3) is 0 Å². The Morgan fingerprint density at radius 3 is 2.47 bits per heavy atom. The highest BCUT2D eigenvalue weighted by atomic mass is 19.1. The van der Waals surface area contributed by atoms with Crippen molar-refractivity contribution < 1.29 is 23.8 Å². The number of carbonyl (C=O) groups excluding carboxylic acids is 2. The quantitative estimate of drug-likeness (QED) is 0.641. The van der Waals surface area contributed by atoms with Gasteiger partial charge < -0.3 is 25.4 Å². The first-order valence-corrected chi connectivity index (χ1v) is 11.0. The standard InChI is InChI=1S/C24H28FN3O4/c25-18-7-9-19(10-8-18)26-24(31)28-13-1-2-22(29)21(14-28)27-23(30)17-5-11-20(12-6-17)32-15-16-3-4-16/h5-12,16,21-22,29H,1-4,13-15H2,(H,26,31)(H,27,30). The highest BCUT2D eigenvalue weighted by Crippen LogP contribution is 2.29. The Labute approximate surface area is 186 Å². The summed E-state index contributed by atoms with van der Waals surface area (Å²) >= 11 is 0. The fourth-order valence-electron chi connectivity index (χ4n) is 3.66. The van der Waals surface area contributed by atoms with Crippen molar-refractivity contribution in [2.45, 2.75) is 37.8 Å². The van der Waals surface area contributed by atoms with Crippen LogP contribution in [0, 0.1) is 11.7 Å². The van der Waals surface area contributed by atoms with Gasteiger partial charge in [-0.3, -0.25) is 4.79 Å². The lowest BCUT2D eigenvalue weighted by molar-refractivity contribution is 0.0811. The second-order valence-corrected chi connectivity index (χ2v) is 8.45. The average molecular weight is 442 g/mol. The molecule has 2 fully saturated rings. The van der Waals surface area contributed by atoms with Gasteiger partial charge in [-0.2, -0.15) is 0 Å². The molecule has 7 nitrogen and oxygen atoms in total. The van der Waals surface area contributed by atoms with Crippen LogP contribution in [-0.2, 0) is 0 Å². The number of hydrogen-bond acceptors (Lipinski definition) is 4. The summed E-state index contributed by atoms with van der Waals surface area (Å²) in [5.74, 6) is 0.680. The number of carbonyl (C=O) groups is 2. The monoisotopic (exact) mass is 441 g/mol. The first kappa shape index (κ1) is 22.1. The molecule has 170 valence electrons. The molecule has 3 N–H and O–H groups in total. The van der Waals surface area contributed by atoms with Crippen LogP contribution >= 0.6 is 0 Å². The molecule has 8 heteroatoms. The van der Waals surface area contributed by atoms with Gasteiger partial charge in [0.1, 0.15) is 11.6 Å². The maximum absolute atomic E-state index is 13.1. The third-order valence-electron chi connectivity index (χ3n) is 5.81. The Morgan fingerprint density at radius 2 is 1.78 bits per heavy atom. The van der Waals surface area contributed by atoms with Crippen molar-refractivity contribution in [1.82, 2.24) is 10.2 Å². The van der Waals surface area contributed by atoms with Crippen molar-refractivity contribution in [3.63, 3.8) is 0 Å². The molecule has 0 spiro atoms. The van der Waals surface area contributed by atoms with E-state index in [-0.39, 0.29) is 24.3 Å². The Morgan fingerprint density at radius 1 is 1.06 bits per heavy atom. The minimum absolute atomic E-state index is 0.169. The molecule has 1 aliphatic heterocycles. The Bertz CT molecular complexity index is 931. The molecule has 1 aliphatic carbocycles. The number of urea groups is 1. The highest BCUT2D eigenvalue weighted by molar-refractivity contribution is 5.94. The van der Waals surface area contributed by atoms with E-state index in [0.29, 0.717) is 43.2 Å². The SMILES string of the molecule is O=C(NC1CN(C(=O)Nc2ccc(F)cc2)CCCC1O)c1ccc(OCC2CC2)cc1. The maximum Gasteiger partial charge on any atom is 0.321 e. The van der Waals surface area contributed by atoms with Gasteiger partial charge in [-0.1, -0.05) is 0 Å². The van der Waals surface area contributed by atoms with Crippen LogP contribution in [0.1, 0.15) is 36.0 Å². The van der Waals surface area contributed by atoms with Crippen LogP contribution in [0.2, 0.25) is 0 Å². The van der Waals surface area contributed by atoms with Crippen LogP contribution in [0.3, 0.4) is 0 Å². The predicted molar refractivity (Wildman–Crippen MR) is 118 cm³/mol. The fraction of sp³-hybridized carbons (Fsp3) is 0.417. The van der Waals surface area contributed by atoms with Crippen LogP contribution in [0.5, 0.6) is 5.75 Å². The predicted octanol–water partition coefficient (Wildman–Crippen LogP) is 3.40. The molecule has 2 aromatic rings. The van der Waals surface area contributed by atoms with Crippen molar-refractivity contribution in [2.24, 2.45) is 5.92 Å². The smallest absolute Gasteiger partial charge is 0.321 e. The van der Waals surface area contributed by atoms with Gasteiger partial charge in [0.2, 0.25) is 0 Å². The number of benzene rings is 2. The number of nitrogens with zero attached hydrogens (tertiary/aromatic N) is 1. The molecule has 0 radical (unpaired) electrons. The summed E-state index contributed by atoms with van der Waals surface area (Å²) in [6.45, 7) is 1.32. The zero-order valence-electron chi connectivity index (χ0n) is 17.8. The molecular formula is C24H28FN3O4. The van der Waals surface area contributed by atoms with Gasteiger partial charge in [0.25, 0.3) is 5.91 Å². The second kappa shape index (κ2) is 9.99. The van der Waals surface area contributed by atoms with E-state index in [9.17, 15) is 19.1 Å². The van der Waals surface area contributed by atoms with Gasteiger partial charge in [0.15, 0.2) is 0 Å². The summed E-state index contributed by atoms with van der Waals surface area (Å²) in [6, 6.07) is 11.5. The minimum Gasteiger partial charge on any atom is -0.493 e. The zero-order valence-corrected chi connectivity index (χ0v) is 17.8. The number of anilines is 1. The van der Waals surface area contributed by atoms with E-state index in [1.807, 2.05) is 0 Å². The van der Waals surface area contributed by atoms with Crippen LogP contribution in [-0.4, -0.2) is 53.8 Å². The van der Waals surface area contributed by atoms with Gasteiger partial charge in [0.05, 0.1) is 18.8 Å². The first-order valence-electron chi connectivity index (χ1n) is 11.0. The lowest BCUT2D eigenvalue weighted by Gasteiger charge is -2.27. The molecule has 4 rings (SSSR count). The second-order valence-electron chi connectivity index (χ2n) is 8.45. The molecule has 0 aromatic heterocycles. The molecule has 2 aromatic carbocycles. The van der Waals surface area contributed by atoms with Gasteiger partial charge in [0, 0.05) is 24.3 Å². The fourth-order valence-corrected chi connectivity index (χ4v) is 3.66. The number of halogens is 1. The summed E-state index contributed by atoms with van der Waals surface area (Å²) < 4.78 is 18.8. The van der Waals surface area contributed by atoms with E-state index in [1.54, 1.807) is 29.2 Å². The number of hydrogen-bond donors (Lipinski definition) is 3. The zero-order chi connectivity index (χ0) is 22.5. The van der Waals surface area contributed by atoms with Gasteiger partial charge in [-0.05, 0) is 80.1 Å². The van der Waals surface area contributed by atoms with Gasteiger partial charge in [-0.25, -0.2) is 9.18 Å². The third-order valence-corrected chi connectivity index (χ3v) is 5.81. The minimum atomic E-state index is -0.760. The lowest BCUT2D eigenvalue weighted by Crippen LogP contribution is -2.50. The lowest BCUT2D eigenvalue weighted by atomic mass is 10.1. The Balaban J connectivity index is 1.34. The van der Waals surface area contributed by atoms with E-state index in [2.05, 4.69) is 10.6 Å². The average Bonchev–Trinajstić information content (AvgIpc) is 3.63. The van der Waals surface area contributed by atoms with Crippen LogP contribution in [0.4, 0.5) is 14.9 Å². The number of aliphatic hydroxyl groups is 1. The molecule has 3 amide bonds. The number of rotatable bonds is 6. The van der Waals surface area contributed by atoms with Crippen LogP contribution < -0.4 is 15.4 Å². The van der Waals surface area contributed by atoms with Gasteiger partial charge >= 0.3 is 6.03 Å². The van der Waals surface area contributed by atoms with Crippen molar-refractivity contribution in [3.8, 4) is 5.75 Å². The van der Waals surface area contributed by atoms with Crippen molar-refractivity contribution >= 4 is 17.6 Å². The molecule has 2 aliphatic rings. The third kappa shape index (κ3) is 5.97. The van der Waals surface area contributed by atoms with Crippen LogP contribution in [0.15, 0.2) is 48.5 Å². The normalized spacial score (nSPS) is 20.9. The highest BCUT2D eigenvalue weighted by Gasteiger charge is 2.29. The maximum atomic E-state index is 13.1. The molecule has 0 bridgehead atoms. The number of nitrogens with one attached hydrogen (secondary N) is 2. The molecule has 2 atom stereocenters. The van der Waals surface area contributed by atoms with E-state index in [0.717, 1.165) is 5.75 Å². The molecular weight excluding hydrogens is 413 g/mol. The summed E-state index contributed by atoms with van der Waals surface area (Å²) in [5, 5.41) is 16.1. The first-order chi connectivity index (χ1) is 15.5. The largest absolute Gasteiger partial charge is 0.493 e. The molecule has 2 unspecified atom stereocenters. The number of amides is 3. The van der Waals surface area contributed by atoms with E-state index in [1.165, 1.54) is 37.1 Å². The number of ether oxygens (including phenoxy) is 1. The molecule has 1 heterocycles. The van der Waals surface area contributed by atoms with E-state index < -0.39 is 12.1 Å². The van der Waals surface area contributed by atoms with Crippen molar-refractivity contribution in [3.05, 3.63) is 59.9 Å². The molecule has 1 saturated heterocycles. The molecule has 1 saturated carbocycles. The Hall–Kier alpha value is -3.13. The van der Waals surface area contributed by atoms with E-state index >= 15 is 0 Å². The summed E-state index contributed by atoms with van der Waals surface area (Å²) in [7, 11) is 0. The number of aliphatic hydroxyl groups excluding tert-OH is 1. The van der Waals surface area contributed by atoms with Gasteiger partial charge in [-0.15, -0.1) is 0 Å². The summed E-state index contributed by atoms with van der Waals surface area (Å²) in [5.41, 5.74) is 0.938. The van der Waals surface area contributed by atoms with E-state index in [4.69, 9.17) is 4.74 Å².